The molecule has 0 aliphatic rings. The van der Waals surface area contributed by atoms with Crippen molar-refractivity contribution in [3.8, 4) is 28.2 Å². The number of hydrogen-bond acceptors (Lipinski definition) is 0. The molecule has 0 aliphatic heterocycles. The molecule has 3 nitrogen and oxygen atoms in total. The molecule has 70 heavy (non-hydrogen) atoms. The number of rotatable bonds is 8. The first kappa shape index (κ1) is 40.1. The summed E-state index contributed by atoms with van der Waals surface area (Å²) in [7, 11) is -2.78. The van der Waals surface area contributed by atoms with Crippen molar-refractivity contribution < 1.29 is 0 Å². The third kappa shape index (κ3) is 6.00. The van der Waals surface area contributed by atoms with Crippen molar-refractivity contribution in [2.24, 2.45) is 0 Å². The summed E-state index contributed by atoms with van der Waals surface area (Å²) in [5.74, 6) is 0. The van der Waals surface area contributed by atoms with Gasteiger partial charge in [0.25, 0.3) is 0 Å². The van der Waals surface area contributed by atoms with Gasteiger partial charge in [-0.2, -0.15) is 0 Å². The van der Waals surface area contributed by atoms with Crippen LogP contribution >= 0.6 is 0 Å². The zero-order valence-corrected chi connectivity index (χ0v) is 39.3. The molecule has 0 saturated heterocycles. The van der Waals surface area contributed by atoms with E-state index in [1.165, 1.54) is 86.3 Å². The largest absolute Gasteiger partial charge is 0.309 e. The van der Waals surface area contributed by atoms with Crippen LogP contribution in [0.5, 0.6) is 0 Å². The summed E-state index contributed by atoms with van der Waals surface area (Å²) in [4.78, 5) is 0. The van der Waals surface area contributed by atoms with Crippen LogP contribution in [0, 0.1) is 0 Å². The normalized spacial score (nSPS) is 12.0. The zero-order valence-electron chi connectivity index (χ0n) is 38.3. The molecule has 0 fully saturated rings. The fourth-order valence-corrected chi connectivity index (χ4v) is 16.6. The maximum absolute atomic E-state index is 2.78. The third-order valence-electron chi connectivity index (χ3n) is 14.8. The molecule has 0 aliphatic carbocycles. The summed E-state index contributed by atoms with van der Waals surface area (Å²) in [6.07, 6.45) is 0. The van der Waals surface area contributed by atoms with Gasteiger partial charge in [-0.25, -0.2) is 0 Å². The molecule has 0 bridgehead atoms. The Labute approximate surface area is 407 Å². The second-order valence-corrected chi connectivity index (χ2v) is 22.2. The average molecular weight is 908 g/mol. The van der Waals surface area contributed by atoms with Crippen LogP contribution in [0.1, 0.15) is 0 Å². The molecular formula is C66H45N3Si. The van der Waals surface area contributed by atoms with Crippen molar-refractivity contribution in [2.45, 2.75) is 0 Å². The number of hydrogen-bond donors (Lipinski definition) is 0. The Morgan fingerprint density at radius 3 is 1.11 bits per heavy atom. The predicted molar refractivity (Wildman–Crippen MR) is 299 cm³/mol. The van der Waals surface area contributed by atoms with Crippen molar-refractivity contribution in [1.82, 2.24) is 13.7 Å². The van der Waals surface area contributed by atoms with Crippen molar-refractivity contribution in [3.63, 3.8) is 0 Å². The van der Waals surface area contributed by atoms with E-state index in [0.717, 1.165) is 28.1 Å². The molecule has 0 saturated carbocycles. The number of para-hydroxylation sites is 4. The minimum atomic E-state index is -2.78. The lowest BCUT2D eigenvalue weighted by atomic mass is 10.0. The van der Waals surface area contributed by atoms with Gasteiger partial charge >= 0.3 is 0 Å². The monoisotopic (exact) mass is 907 g/mol. The lowest BCUT2D eigenvalue weighted by molar-refractivity contribution is 1.14. The van der Waals surface area contributed by atoms with Gasteiger partial charge in [0.1, 0.15) is 0 Å². The van der Waals surface area contributed by atoms with Gasteiger partial charge in [0, 0.05) is 49.3 Å². The number of nitrogens with zero attached hydrogens (tertiary/aromatic N) is 3. The highest BCUT2D eigenvalue weighted by atomic mass is 28.3. The Balaban J connectivity index is 1.04. The van der Waals surface area contributed by atoms with Gasteiger partial charge in [-0.1, -0.05) is 218 Å². The van der Waals surface area contributed by atoms with E-state index >= 15 is 0 Å². The van der Waals surface area contributed by atoms with E-state index in [2.05, 4.69) is 287 Å². The number of aromatic nitrogens is 3. The van der Waals surface area contributed by atoms with Crippen LogP contribution in [0.4, 0.5) is 0 Å². The molecule has 0 N–H and O–H groups in total. The van der Waals surface area contributed by atoms with E-state index in [4.69, 9.17) is 0 Å². The minimum Gasteiger partial charge on any atom is -0.309 e. The Kier molecular flexibility index (Phi) is 9.23. The Morgan fingerprint density at radius 2 is 0.614 bits per heavy atom. The molecule has 0 radical (unpaired) electrons. The van der Waals surface area contributed by atoms with Crippen LogP contribution in [0.25, 0.3) is 93.6 Å². The molecule has 0 spiro atoms. The van der Waals surface area contributed by atoms with E-state index in [-0.39, 0.29) is 0 Å². The first-order valence-electron chi connectivity index (χ1n) is 24.2. The Morgan fingerprint density at radius 1 is 0.229 bits per heavy atom. The number of fused-ring (bicyclic) bond motifs is 9. The topological polar surface area (TPSA) is 14.8 Å². The summed E-state index contributed by atoms with van der Waals surface area (Å²) in [6.45, 7) is 0. The predicted octanol–water partition coefficient (Wildman–Crippen LogP) is 14.0. The fraction of sp³-hybridized carbons (Fsp3) is 0. The molecule has 0 atom stereocenters. The van der Waals surface area contributed by atoms with E-state index in [9.17, 15) is 0 Å². The summed E-state index contributed by atoms with van der Waals surface area (Å²) < 4.78 is 7.43. The highest BCUT2D eigenvalue weighted by molar-refractivity contribution is 7.20. The molecule has 14 rings (SSSR count). The SMILES string of the molecule is c1ccc(-c2ccccc2-n2c3cc(-n4c5ccccc5c5ccccc54)ccc3c3ccc(-n4c5ccccc5c5cc([Si](c6ccccc6)(c6ccccc6)c6ccccc6)ccc54)cc32)cc1. The molecule has 11 aromatic carbocycles. The fourth-order valence-electron chi connectivity index (χ4n) is 11.8. The molecular weight excluding hydrogens is 863 g/mol. The van der Waals surface area contributed by atoms with Crippen molar-refractivity contribution >= 4 is 94.2 Å². The Hall–Kier alpha value is -8.96. The Bertz CT molecular complexity index is 4130. The van der Waals surface area contributed by atoms with Gasteiger partial charge in [-0.05, 0) is 80.9 Å². The smallest absolute Gasteiger partial charge is 0.179 e. The summed E-state index contributed by atoms with van der Waals surface area (Å²) in [5, 5.41) is 12.9. The molecule has 4 heteroatoms. The van der Waals surface area contributed by atoms with E-state index < -0.39 is 8.07 Å². The molecule has 328 valence electrons. The lowest BCUT2D eigenvalue weighted by Gasteiger charge is -2.34. The van der Waals surface area contributed by atoms with Crippen LogP contribution in [0.2, 0.25) is 0 Å². The lowest BCUT2D eigenvalue weighted by Crippen LogP contribution is -2.74. The molecule has 3 aromatic heterocycles. The first-order chi connectivity index (χ1) is 34.8. The van der Waals surface area contributed by atoms with Crippen LogP contribution in [0.15, 0.2) is 273 Å². The van der Waals surface area contributed by atoms with Gasteiger partial charge in [0.05, 0.1) is 38.8 Å². The van der Waals surface area contributed by atoms with E-state index in [1.807, 2.05) is 0 Å². The zero-order chi connectivity index (χ0) is 46.2. The summed E-state index contributed by atoms with van der Waals surface area (Å²) in [6, 6.07) is 101. The average Bonchev–Trinajstić information content (AvgIpc) is 4.07. The maximum Gasteiger partial charge on any atom is 0.179 e. The number of benzene rings is 11. The first-order valence-corrected chi connectivity index (χ1v) is 26.2. The van der Waals surface area contributed by atoms with Gasteiger partial charge in [0.2, 0.25) is 0 Å². The molecule has 0 amide bonds. The van der Waals surface area contributed by atoms with Crippen LogP contribution in [0.3, 0.4) is 0 Å². The highest BCUT2D eigenvalue weighted by Gasteiger charge is 2.41. The van der Waals surface area contributed by atoms with Gasteiger partial charge in [0.15, 0.2) is 8.07 Å². The van der Waals surface area contributed by atoms with Crippen LogP contribution in [-0.2, 0) is 0 Å². The second-order valence-electron chi connectivity index (χ2n) is 18.4. The summed E-state index contributed by atoms with van der Waals surface area (Å²) in [5.41, 5.74) is 12.8. The second kappa shape index (κ2) is 16.1. The molecule has 3 heterocycles. The van der Waals surface area contributed by atoms with Crippen LogP contribution < -0.4 is 20.7 Å². The molecule has 0 unspecified atom stereocenters. The van der Waals surface area contributed by atoms with Crippen LogP contribution in [-0.4, -0.2) is 21.8 Å². The standard InChI is InChI=1S/C66H45N3Si/c1-5-21-46(22-6-1)53-29-13-17-33-60(53)69-65-43-47(67-61-34-18-14-30-54(61)55-31-15-19-35-62(55)67)37-40-57(65)58-41-38-48(44-66(58)69)68-63-36-20-16-32-56(63)59-45-52(39-42-64(59)68)70(49-23-7-2-8-24-49,50-25-9-3-10-26-50)51-27-11-4-12-28-51/h1-45H. The van der Waals surface area contributed by atoms with Gasteiger partial charge in [-0.3, -0.25) is 0 Å². The van der Waals surface area contributed by atoms with Crippen molar-refractivity contribution in [3.05, 3.63) is 273 Å². The third-order valence-corrected chi connectivity index (χ3v) is 19.6. The van der Waals surface area contributed by atoms with E-state index in [1.54, 1.807) is 0 Å². The molecule has 14 aromatic rings. The van der Waals surface area contributed by atoms with Crippen molar-refractivity contribution in [2.75, 3.05) is 0 Å². The van der Waals surface area contributed by atoms with Crippen molar-refractivity contribution in [1.29, 1.82) is 0 Å². The van der Waals surface area contributed by atoms with Gasteiger partial charge in [-0.15, -0.1) is 0 Å². The quantitative estimate of drug-likeness (QED) is 0.107. The highest BCUT2D eigenvalue weighted by Crippen LogP contribution is 2.41. The van der Waals surface area contributed by atoms with E-state index in [0.29, 0.717) is 0 Å². The summed E-state index contributed by atoms with van der Waals surface area (Å²) >= 11 is 0. The minimum absolute atomic E-state index is 1.12. The maximum atomic E-state index is 2.52. The van der Waals surface area contributed by atoms with Gasteiger partial charge < -0.3 is 13.7 Å².